The van der Waals surface area contributed by atoms with Crippen LogP contribution >= 0.6 is 11.6 Å². The minimum Gasteiger partial charge on any atom is -0.363 e. The molecule has 0 radical (unpaired) electrons. The molecule has 1 aliphatic heterocycles. The molecule has 0 N–H and O–H groups in total. The minimum atomic E-state index is -0.588. The van der Waals surface area contributed by atoms with Crippen LogP contribution in [-0.2, 0) is 4.84 Å². The van der Waals surface area contributed by atoms with Crippen LogP contribution in [0.3, 0.4) is 0 Å². The lowest BCUT2D eigenvalue weighted by atomic mass is 10.1. The number of aromatic nitrogens is 5. The van der Waals surface area contributed by atoms with Crippen LogP contribution in [0.2, 0.25) is 5.02 Å². The van der Waals surface area contributed by atoms with Gasteiger partial charge < -0.3 is 4.84 Å². The summed E-state index contributed by atoms with van der Waals surface area (Å²) in [7, 11) is 0. The Morgan fingerprint density at radius 1 is 0.861 bits per heavy atom. The van der Waals surface area contributed by atoms with Gasteiger partial charge in [-0.05, 0) is 62.4 Å². The minimum absolute atomic E-state index is 0.588. The van der Waals surface area contributed by atoms with Gasteiger partial charge in [-0.15, -0.1) is 0 Å². The fraction of sp³-hybridized carbons (Fsp3) is 0.111. The lowest BCUT2D eigenvalue weighted by Crippen LogP contribution is -2.32. The Hall–Kier alpha value is -4.43. The van der Waals surface area contributed by atoms with E-state index >= 15 is 0 Å². The van der Waals surface area contributed by atoms with Crippen LogP contribution in [0.4, 0.5) is 5.69 Å². The normalized spacial score (nSPS) is 15.1. The molecule has 0 saturated carbocycles. The van der Waals surface area contributed by atoms with Crippen LogP contribution < -0.4 is 4.90 Å². The third-order valence-corrected chi connectivity index (χ3v) is 6.33. The van der Waals surface area contributed by atoms with E-state index in [9.17, 15) is 0 Å². The van der Waals surface area contributed by atoms with Gasteiger partial charge >= 0.3 is 0 Å². The highest BCUT2D eigenvalue weighted by Gasteiger charge is 2.39. The van der Waals surface area contributed by atoms with E-state index in [-0.39, 0.29) is 0 Å². The predicted octanol–water partition coefficient (Wildman–Crippen LogP) is 5.62. The molecule has 36 heavy (non-hydrogen) atoms. The molecule has 2 aromatic heterocycles. The van der Waals surface area contributed by atoms with Crippen molar-refractivity contribution in [3.05, 3.63) is 119 Å². The van der Waals surface area contributed by atoms with Gasteiger partial charge in [-0.25, -0.2) is 14.3 Å². The Balaban J connectivity index is 1.54. The fourth-order valence-corrected chi connectivity index (χ4v) is 4.47. The fourth-order valence-electron chi connectivity index (χ4n) is 4.34. The summed E-state index contributed by atoms with van der Waals surface area (Å²) in [6, 6.07) is 25.8. The molecule has 3 aromatic carbocycles. The number of amidine groups is 1. The molecule has 0 bridgehead atoms. The van der Waals surface area contributed by atoms with Crippen molar-refractivity contribution in [2.75, 3.05) is 4.90 Å². The van der Waals surface area contributed by atoms with Crippen LogP contribution in [0.1, 0.15) is 28.6 Å². The van der Waals surface area contributed by atoms with Gasteiger partial charge in [0.25, 0.3) is 0 Å². The number of anilines is 1. The highest BCUT2D eigenvalue weighted by molar-refractivity contribution is 6.30. The highest BCUT2D eigenvalue weighted by atomic mass is 35.5. The molecule has 1 atom stereocenters. The number of halogens is 1. The Kier molecular flexibility index (Phi) is 5.50. The lowest BCUT2D eigenvalue weighted by molar-refractivity contribution is 0.0862. The first-order chi connectivity index (χ1) is 17.6. The van der Waals surface area contributed by atoms with Gasteiger partial charge in [0.15, 0.2) is 11.7 Å². The first-order valence-corrected chi connectivity index (χ1v) is 11.8. The van der Waals surface area contributed by atoms with Gasteiger partial charge in [0, 0.05) is 16.3 Å². The smallest absolute Gasteiger partial charge is 0.237 e. The second kappa shape index (κ2) is 8.98. The molecule has 3 heterocycles. The Morgan fingerprint density at radius 2 is 1.61 bits per heavy atom. The van der Waals surface area contributed by atoms with Crippen molar-refractivity contribution in [3.8, 4) is 11.5 Å². The molecule has 0 aliphatic carbocycles. The lowest BCUT2D eigenvalue weighted by Gasteiger charge is -2.26. The highest BCUT2D eigenvalue weighted by Crippen LogP contribution is 2.39. The van der Waals surface area contributed by atoms with Gasteiger partial charge in [-0.3, -0.25) is 4.90 Å². The summed E-state index contributed by atoms with van der Waals surface area (Å²) in [6.45, 7) is 4.03. The van der Waals surface area contributed by atoms with Crippen LogP contribution in [0.25, 0.3) is 11.5 Å². The van der Waals surface area contributed by atoms with E-state index in [1.165, 1.54) is 6.33 Å². The summed E-state index contributed by atoms with van der Waals surface area (Å²) in [5.41, 5.74) is 5.51. The second-order valence-corrected chi connectivity index (χ2v) is 8.93. The van der Waals surface area contributed by atoms with E-state index in [2.05, 4.69) is 51.3 Å². The zero-order chi connectivity index (χ0) is 24.6. The van der Waals surface area contributed by atoms with Crippen molar-refractivity contribution in [2.45, 2.75) is 20.1 Å². The monoisotopic (exact) mass is 495 g/mol. The van der Waals surface area contributed by atoms with E-state index < -0.39 is 6.23 Å². The van der Waals surface area contributed by atoms with E-state index in [1.54, 1.807) is 11.0 Å². The molecule has 0 amide bonds. The Bertz CT molecular complexity index is 1530. The molecule has 8 nitrogen and oxygen atoms in total. The van der Waals surface area contributed by atoms with Gasteiger partial charge in [0.2, 0.25) is 6.23 Å². The molecule has 178 valence electrons. The van der Waals surface area contributed by atoms with Gasteiger partial charge in [0.1, 0.15) is 12.7 Å². The maximum atomic E-state index is 6.17. The van der Waals surface area contributed by atoms with E-state index in [0.29, 0.717) is 10.9 Å². The maximum absolute atomic E-state index is 6.17. The summed E-state index contributed by atoms with van der Waals surface area (Å²) < 4.78 is 3.57. The van der Waals surface area contributed by atoms with E-state index in [1.807, 2.05) is 66.2 Å². The van der Waals surface area contributed by atoms with Crippen LogP contribution in [-0.4, -0.2) is 30.4 Å². The number of rotatable bonds is 5. The van der Waals surface area contributed by atoms with Gasteiger partial charge in [-0.2, -0.15) is 10.2 Å². The van der Waals surface area contributed by atoms with Crippen molar-refractivity contribution in [2.24, 2.45) is 5.16 Å². The first kappa shape index (κ1) is 22.1. The van der Waals surface area contributed by atoms with Crippen molar-refractivity contribution < 1.29 is 4.84 Å². The molecule has 1 aliphatic rings. The van der Waals surface area contributed by atoms with Crippen molar-refractivity contribution in [3.63, 3.8) is 0 Å². The van der Waals surface area contributed by atoms with Gasteiger partial charge in [0.05, 0.1) is 16.9 Å². The molecule has 0 fully saturated rings. The second-order valence-electron chi connectivity index (χ2n) is 8.50. The average Bonchev–Trinajstić information content (AvgIpc) is 3.64. The number of benzene rings is 3. The van der Waals surface area contributed by atoms with Crippen molar-refractivity contribution >= 4 is 23.1 Å². The van der Waals surface area contributed by atoms with Crippen LogP contribution in [0, 0.1) is 13.8 Å². The zero-order valence-electron chi connectivity index (χ0n) is 19.7. The summed E-state index contributed by atoms with van der Waals surface area (Å²) in [5.74, 6) is 1.41. The predicted molar refractivity (Wildman–Crippen MR) is 139 cm³/mol. The van der Waals surface area contributed by atoms with E-state index in [0.717, 1.165) is 39.6 Å². The Morgan fingerprint density at radius 3 is 2.31 bits per heavy atom. The number of oxime groups is 1. The summed E-state index contributed by atoms with van der Waals surface area (Å²) in [4.78, 5) is 12.4. The number of aryl methyl sites for hydroxylation is 2. The zero-order valence-corrected chi connectivity index (χ0v) is 20.4. The molecule has 0 saturated heterocycles. The third-order valence-electron chi connectivity index (χ3n) is 6.08. The summed E-state index contributed by atoms with van der Waals surface area (Å²) in [5, 5.41) is 14.5. The molecule has 9 heteroatoms. The molecular formula is C27H22ClN7O. The third kappa shape index (κ3) is 3.81. The number of para-hydroxylation sites is 1. The number of hydrogen-bond donors (Lipinski definition) is 0. The molecule has 5 aromatic rings. The topological polar surface area (TPSA) is 73.4 Å². The SMILES string of the molecule is Cc1ccc(N2C(c3ccc(Cl)cc3)=NOC2c2c(C)nn(-c3ccccc3)c2-n2cncn2)cc1. The number of hydrogen-bond acceptors (Lipinski definition) is 6. The first-order valence-electron chi connectivity index (χ1n) is 11.5. The van der Waals surface area contributed by atoms with E-state index in [4.69, 9.17) is 21.5 Å². The van der Waals surface area contributed by atoms with Crippen molar-refractivity contribution in [1.29, 1.82) is 0 Å². The molecule has 1 unspecified atom stereocenters. The molecular weight excluding hydrogens is 474 g/mol. The summed E-state index contributed by atoms with van der Waals surface area (Å²) in [6.07, 6.45) is 2.57. The van der Waals surface area contributed by atoms with Crippen LogP contribution in [0.15, 0.2) is 96.7 Å². The average molecular weight is 496 g/mol. The van der Waals surface area contributed by atoms with Crippen LogP contribution in [0.5, 0.6) is 0 Å². The standard InChI is InChI=1S/C27H22ClN7O/c1-18-8-14-22(15-9-18)34-25(20-10-12-21(28)13-11-20)32-36-27(34)24-19(2)31-35(23-6-4-3-5-7-23)26(24)33-17-29-16-30-33/h3-17,27H,1-2H3. The molecule has 0 spiro atoms. The maximum Gasteiger partial charge on any atom is 0.237 e. The summed E-state index contributed by atoms with van der Waals surface area (Å²) >= 11 is 6.16. The number of nitrogens with zero attached hydrogens (tertiary/aromatic N) is 7. The Labute approximate surface area is 213 Å². The van der Waals surface area contributed by atoms with Crippen molar-refractivity contribution in [1.82, 2.24) is 24.5 Å². The van der Waals surface area contributed by atoms with Gasteiger partial charge in [-0.1, -0.05) is 52.7 Å². The molecule has 6 rings (SSSR count). The largest absolute Gasteiger partial charge is 0.363 e. The quantitative estimate of drug-likeness (QED) is 0.316.